The summed E-state index contributed by atoms with van der Waals surface area (Å²) >= 11 is 0. The van der Waals surface area contributed by atoms with Gasteiger partial charge in [0.15, 0.2) is 0 Å². The number of halogens is 1. The van der Waals surface area contributed by atoms with E-state index in [-0.39, 0.29) is 24.2 Å². The van der Waals surface area contributed by atoms with E-state index in [1.165, 1.54) is 30.4 Å². The van der Waals surface area contributed by atoms with Crippen LogP contribution in [-0.2, 0) is 17.8 Å². The van der Waals surface area contributed by atoms with Crippen molar-refractivity contribution < 1.29 is 4.79 Å². The molecule has 0 saturated heterocycles. The van der Waals surface area contributed by atoms with Crippen LogP contribution in [0.5, 0.6) is 0 Å². The van der Waals surface area contributed by atoms with Crippen molar-refractivity contribution in [3.8, 4) is 0 Å². The first-order chi connectivity index (χ1) is 10.7. The minimum absolute atomic E-state index is 0. The molecule has 0 spiro atoms. The molecule has 3 nitrogen and oxygen atoms in total. The molecule has 2 atom stereocenters. The van der Waals surface area contributed by atoms with Crippen molar-refractivity contribution in [2.75, 3.05) is 0 Å². The third-order valence-corrected chi connectivity index (χ3v) is 5.74. The van der Waals surface area contributed by atoms with Crippen LogP contribution in [-0.4, -0.2) is 11.9 Å². The number of carbonyl (C=O) groups is 1. The Morgan fingerprint density at radius 3 is 2.39 bits per heavy atom. The summed E-state index contributed by atoms with van der Waals surface area (Å²) in [4.78, 5) is 12.6. The molecule has 4 heteroatoms. The van der Waals surface area contributed by atoms with E-state index in [9.17, 15) is 4.79 Å². The topological polar surface area (TPSA) is 55.1 Å². The molecule has 0 aromatic heterocycles. The second-order valence-electron chi connectivity index (χ2n) is 7.04. The number of benzene rings is 1. The average molecular weight is 337 g/mol. The maximum absolute atomic E-state index is 12.6. The molecule has 1 aromatic rings. The first kappa shape index (κ1) is 18.3. The normalized spacial score (nSPS) is 29.5. The zero-order chi connectivity index (χ0) is 15.5. The van der Waals surface area contributed by atoms with Gasteiger partial charge < -0.3 is 11.1 Å². The zero-order valence-corrected chi connectivity index (χ0v) is 14.8. The Balaban J connectivity index is 0.00000192. The summed E-state index contributed by atoms with van der Waals surface area (Å²) in [6.07, 6.45) is 6.69. The second kappa shape index (κ2) is 8.16. The number of carbonyl (C=O) groups excluding carboxylic acids is 1. The van der Waals surface area contributed by atoms with E-state index in [2.05, 4.69) is 30.4 Å². The fourth-order valence-electron chi connectivity index (χ4n) is 4.40. The Morgan fingerprint density at radius 2 is 1.78 bits per heavy atom. The van der Waals surface area contributed by atoms with Crippen LogP contribution in [0.2, 0.25) is 0 Å². The molecule has 2 aliphatic carbocycles. The molecule has 3 rings (SSSR count). The number of nitrogens with one attached hydrogen (secondary N) is 1. The molecule has 2 fully saturated rings. The molecule has 23 heavy (non-hydrogen) atoms. The molecule has 2 aliphatic rings. The highest BCUT2D eigenvalue weighted by Crippen LogP contribution is 2.41. The van der Waals surface area contributed by atoms with Gasteiger partial charge in [-0.05, 0) is 55.1 Å². The minimum Gasteiger partial charge on any atom is -0.352 e. The first-order valence-corrected chi connectivity index (χ1v) is 8.79. The largest absolute Gasteiger partial charge is 0.352 e. The van der Waals surface area contributed by atoms with Gasteiger partial charge in [-0.15, -0.1) is 12.4 Å². The van der Waals surface area contributed by atoms with Gasteiger partial charge in [0.25, 0.3) is 0 Å². The van der Waals surface area contributed by atoms with Gasteiger partial charge in [0.05, 0.1) is 0 Å². The molecule has 2 unspecified atom stereocenters. The van der Waals surface area contributed by atoms with Crippen molar-refractivity contribution in [2.24, 2.45) is 23.5 Å². The van der Waals surface area contributed by atoms with Gasteiger partial charge in [-0.25, -0.2) is 0 Å². The zero-order valence-electron chi connectivity index (χ0n) is 14.0. The fraction of sp³-hybridized carbons (Fsp3) is 0.632. The van der Waals surface area contributed by atoms with Gasteiger partial charge in [-0.3, -0.25) is 4.79 Å². The molecule has 0 aliphatic heterocycles. The van der Waals surface area contributed by atoms with Gasteiger partial charge in [0.2, 0.25) is 5.91 Å². The van der Waals surface area contributed by atoms with Crippen LogP contribution >= 0.6 is 12.4 Å². The lowest BCUT2D eigenvalue weighted by molar-refractivity contribution is -0.128. The van der Waals surface area contributed by atoms with E-state index in [0.717, 1.165) is 19.3 Å². The summed E-state index contributed by atoms with van der Waals surface area (Å²) in [7, 11) is 0. The average Bonchev–Trinajstić information content (AvgIpc) is 2.52. The second-order valence-corrected chi connectivity index (χ2v) is 7.04. The van der Waals surface area contributed by atoms with Gasteiger partial charge in [-0.2, -0.15) is 0 Å². The molecule has 128 valence electrons. The van der Waals surface area contributed by atoms with Crippen LogP contribution in [0.1, 0.15) is 50.2 Å². The first-order valence-electron chi connectivity index (χ1n) is 8.79. The smallest absolute Gasteiger partial charge is 0.223 e. The lowest BCUT2D eigenvalue weighted by Crippen LogP contribution is -2.49. The summed E-state index contributed by atoms with van der Waals surface area (Å²) in [6, 6.07) is 8.70. The molecular weight excluding hydrogens is 308 g/mol. The van der Waals surface area contributed by atoms with E-state index >= 15 is 0 Å². The molecular formula is C19H29ClN2O. The quantitative estimate of drug-likeness (QED) is 0.884. The van der Waals surface area contributed by atoms with E-state index in [1.807, 2.05) is 6.07 Å². The number of amides is 1. The Morgan fingerprint density at radius 1 is 1.17 bits per heavy atom. The lowest BCUT2D eigenvalue weighted by Gasteiger charge is -2.43. The monoisotopic (exact) mass is 336 g/mol. The highest BCUT2D eigenvalue weighted by atomic mass is 35.5. The Labute approximate surface area is 145 Å². The molecule has 0 radical (unpaired) electrons. The number of nitrogens with two attached hydrogens (primary N) is 1. The standard InChI is InChI=1S/C19H28N2O.ClH/c1-2-13-6-3-4-7-16(13)12-21-19(22)17-10-14-8-5-9-15(11-17)18(14)20;/h3-4,6-7,14-15,17-18H,2,5,8-12,20H2,1H3,(H,21,22);1H. The highest BCUT2D eigenvalue weighted by Gasteiger charge is 2.40. The van der Waals surface area contributed by atoms with Gasteiger partial charge in [0, 0.05) is 18.5 Å². The molecule has 0 heterocycles. The molecule has 1 amide bonds. The molecule has 2 bridgehead atoms. The van der Waals surface area contributed by atoms with Crippen LogP contribution in [0.15, 0.2) is 24.3 Å². The van der Waals surface area contributed by atoms with Gasteiger partial charge in [-0.1, -0.05) is 37.6 Å². The van der Waals surface area contributed by atoms with Crippen molar-refractivity contribution in [2.45, 2.75) is 58.0 Å². The minimum atomic E-state index is 0. The van der Waals surface area contributed by atoms with Crippen LogP contribution in [0.25, 0.3) is 0 Å². The van der Waals surface area contributed by atoms with Crippen LogP contribution in [0, 0.1) is 17.8 Å². The van der Waals surface area contributed by atoms with Gasteiger partial charge in [0.1, 0.15) is 0 Å². The summed E-state index contributed by atoms with van der Waals surface area (Å²) in [5, 5.41) is 3.17. The van der Waals surface area contributed by atoms with E-state index < -0.39 is 0 Å². The van der Waals surface area contributed by atoms with Gasteiger partial charge >= 0.3 is 0 Å². The van der Waals surface area contributed by atoms with Crippen molar-refractivity contribution in [3.63, 3.8) is 0 Å². The number of fused-ring (bicyclic) bond motifs is 2. The van der Waals surface area contributed by atoms with Crippen molar-refractivity contribution in [3.05, 3.63) is 35.4 Å². The predicted octanol–water partition coefficient (Wildman–Crippen LogP) is 3.44. The number of hydrogen-bond donors (Lipinski definition) is 2. The van der Waals surface area contributed by atoms with Crippen LogP contribution in [0.3, 0.4) is 0 Å². The SMILES string of the molecule is CCc1ccccc1CNC(=O)C1CC2CCCC(C1)C2N.Cl. The maximum atomic E-state index is 12.6. The number of aryl methyl sites for hydroxylation is 1. The summed E-state index contributed by atoms with van der Waals surface area (Å²) < 4.78 is 0. The van der Waals surface area contributed by atoms with E-state index in [0.29, 0.717) is 24.4 Å². The van der Waals surface area contributed by atoms with Crippen molar-refractivity contribution in [1.82, 2.24) is 5.32 Å². The summed E-state index contributed by atoms with van der Waals surface area (Å²) in [5.41, 5.74) is 8.88. The Hall–Kier alpha value is -1.06. The summed E-state index contributed by atoms with van der Waals surface area (Å²) in [5.74, 6) is 1.52. The third-order valence-electron chi connectivity index (χ3n) is 5.74. The Kier molecular flexibility index (Phi) is 6.49. The molecule has 2 saturated carbocycles. The Bertz CT molecular complexity index is 520. The highest BCUT2D eigenvalue weighted by molar-refractivity contribution is 5.85. The van der Waals surface area contributed by atoms with E-state index in [4.69, 9.17) is 5.73 Å². The van der Waals surface area contributed by atoms with Crippen LogP contribution in [0.4, 0.5) is 0 Å². The summed E-state index contributed by atoms with van der Waals surface area (Å²) in [6.45, 7) is 2.81. The molecule has 1 aromatic carbocycles. The lowest BCUT2D eigenvalue weighted by atomic mass is 9.65. The van der Waals surface area contributed by atoms with Crippen molar-refractivity contribution in [1.29, 1.82) is 0 Å². The van der Waals surface area contributed by atoms with Crippen molar-refractivity contribution >= 4 is 18.3 Å². The molecule has 3 N–H and O–H groups in total. The van der Waals surface area contributed by atoms with Crippen LogP contribution < -0.4 is 11.1 Å². The number of rotatable bonds is 4. The maximum Gasteiger partial charge on any atom is 0.223 e. The third kappa shape index (κ3) is 4.07. The fourth-order valence-corrected chi connectivity index (χ4v) is 4.40. The predicted molar refractivity (Wildman–Crippen MR) is 96.4 cm³/mol. The van der Waals surface area contributed by atoms with E-state index in [1.54, 1.807) is 0 Å². The number of hydrogen-bond acceptors (Lipinski definition) is 2.